The van der Waals surface area contributed by atoms with Gasteiger partial charge in [-0.2, -0.15) is 0 Å². The first-order chi connectivity index (χ1) is 14.8. The molecule has 0 radical (unpaired) electrons. The second-order valence-electron chi connectivity index (χ2n) is 6.82. The van der Waals surface area contributed by atoms with Crippen LogP contribution in [0.25, 0.3) is 0 Å². The number of non-ortho nitro benzene ring substituents is 1. The Morgan fingerprint density at radius 2 is 2.13 bits per heavy atom. The average Bonchev–Trinajstić information content (AvgIpc) is 3.01. The molecule has 0 aromatic heterocycles. The van der Waals surface area contributed by atoms with Gasteiger partial charge in [-0.25, -0.2) is 13.2 Å². The quantitative estimate of drug-likeness (QED) is 0.413. The van der Waals surface area contributed by atoms with E-state index in [2.05, 4.69) is 9.71 Å². The van der Waals surface area contributed by atoms with Gasteiger partial charge in [0.15, 0.2) is 6.79 Å². The fourth-order valence-electron chi connectivity index (χ4n) is 3.24. The highest BCUT2D eigenvalue weighted by Crippen LogP contribution is 2.33. The molecule has 0 saturated heterocycles. The van der Waals surface area contributed by atoms with Crippen molar-refractivity contribution in [2.45, 2.75) is 31.1 Å². The fraction of sp³-hybridized carbons (Fsp3) is 0.263. The lowest BCUT2D eigenvalue weighted by atomic mass is 10.1. The number of fused-ring (bicyclic) bond motifs is 2. The maximum atomic E-state index is 12.5. The van der Waals surface area contributed by atoms with Crippen LogP contribution in [0.1, 0.15) is 23.6 Å². The Balaban J connectivity index is 1.52. The van der Waals surface area contributed by atoms with Crippen LogP contribution < -0.4 is 9.46 Å². The number of nitrogens with zero attached hydrogens (tertiary/aromatic N) is 2. The number of hydrogen-bond donors (Lipinski definition) is 1. The minimum atomic E-state index is -3.73. The summed E-state index contributed by atoms with van der Waals surface area (Å²) < 4.78 is 42.5. The van der Waals surface area contributed by atoms with E-state index in [0.29, 0.717) is 22.4 Å². The standard InChI is InChI=1S/C19H17N3O8S/c1-11(20-18-15-4-2-3-5-16(15)31(26,27)21-18)19(23)29-9-13-7-14(22(24)25)6-12-8-28-10-30-17(12)13/h2-7,11H,8-10H2,1H3,(H,20,21)/t11-/m1/s1. The molecule has 0 saturated carbocycles. The van der Waals surface area contributed by atoms with Crippen molar-refractivity contribution in [1.29, 1.82) is 0 Å². The van der Waals surface area contributed by atoms with E-state index in [0.717, 1.165) is 0 Å². The van der Waals surface area contributed by atoms with Gasteiger partial charge in [-0.05, 0) is 19.1 Å². The first kappa shape index (κ1) is 20.8. The summed E-state index contributed by atoms with van der Waals surface area (Å²) in [5.74, 6) is -0.308. The molecular weight excluding hydrogens is 430 g/mol. The maximum absolute atomic E-state index is 12.5. The molecule has 162 valence electrons. The summed E-state index contributed by atoms with van der Waals surface area (Å²) in [6, 6.07) is 7.87. The van der Waals surface area contributed by atoms with Gasteiger partial charge in [-0.1, -0.05) is 12.1 Å². The van der Waals surface area contributed by atoms with Crippen LogP contribution in [0, 0.1) is 10.1 Å². The van der Waals surface area contributed by atoms with Gasteiger partial charge in [-0.3, -0.25) is 19.8 Å². The summed E-state index contributed by atoms with van der Waals surface area (Å²) in [5.41, 5.74) is 0.997. The highest BCUT2D eigenvalue weighted by Gasteiger charge is 2.31. The molecule has 0 amide bonds. The van der Waals surface area contributed by atoms with Crippen LogP contribution in [0.3, 0.4) is 0 Å². The number of sulfonamides is 1. The van der Waals surface area contributed by atoms with Crippen LogP contribution in [0.5, 0.6) is 5.75 Å². The van der Waals surface area contributed by atoms with Gasteiger partial charge in [-0.15, -0.1) is 0 Å². The van der Waals surface area contributed by atoms with Gasteiger partial charge in [0.2, 0.25) is 0 Å². The molecule has 4 rings (SSSR count). The number of benzene rings is 2. The smallest absolute Gasteiger partial charge is 0.330 e. The molecule has 2 heterocycles. The number of nitro groups is 1. The van der Waals surface area contributed by atoms with Crippen LogP contribution in [-0.4, -0.2) is 38.0 Å². The van der Waals surface area contributed by atoms with Crippen LogP contribution in [0.15, 0.2) is 46.3 Å². The molecule has 2 aliphatic rings. The zero-order chi connectivity index (χ0) is 22.2. The van der Waals surface area contributed by atoms with E-state index < -0.39 is 27.0 Å². The number of amidine groups is 1. The number of esters is 1. The van der Waals surface area contributed by atoms with E-state index >= 15 is 0 Å². The molecule has 1 N–H and O–H groups in total. The van der Waals surface area contributed by atoms with Crippen LogP contribution in [0.2, 0.25) is 0 Å². The van der Waals surface area contributed by atoms with Crippen LogP contribution >= 0.6 is 0 Å². The molecule has 11 nitrogen and oxygen atoms in total. The van der Waals surface area contributed by atoms with Crippen molar-refractivity contribution in [2.24, 2.45) is 4.99 Å². The van der Waals surface area contributed by atoms with Gasteiger partial charge in [0.05, 0.1) is 16.4 Å². The molecule has 0 aliphatic carbocycles. The van der Waals surface area contributed by atoms with E-state index in [9.17, 15) is 23.3 Å². The summed E-state index contributed by atoms with van der Waals surface area (Å²) in [6.07, 6.45) is 0. The zero-order valence-electron chi connectivity index (χ0n) is 16.2. The molecule has 0 spiro atoms. The molecule has 2 aliphatic heterocycles. The maximum Gasteiger partial charge on any atom is 0.330 e. The number of aliphatic imine (C=N–C) groups is 1. The minimum absolute atomic E-state index is 0.0185. The van der Waals surface area contributed by atoms with Crippen LogP contribution in [-0.2, 0) is 37.5 Å². The average molecular weight is 447 g/mol. The van der Waals surface area contributed by atoms with Gasteiger partial charge >= 0.3 is 5.97 Å². The monoisotopic (exact) mass is 447 g/mol. The minimum Gasteiger partial charge on any atom is -0.467 e. The Bertz CT molecular complexity index is 1210. The van der Waals surface area contributed by atoms with E-state index in [1.165, 1.54) is 25.1 Å². The van der Waals surface area contributed by atoms with Crippen LogP contribution in [0.4, 0.5) is 5.69 Å². The zero-order valence-corrected chi connectivity index (χ0v) is 17.0. The number of rotatable bonds is 5. The Morgan fingerprint density at radius 1 is 1.35 bits per heavy atom. The van der Waals surface area contributed by atoms with Crippen molar-refractivity contribution in [3.05, 3.63) is 63.2 Å². The number of carbonyl (C=O) groups excluding carboxylic acids is 1. The SMILES string of the molecule is C[C@@H](N=C1NS(=O)(=O)c2ccccc21)C(=O)OCc1cc([N+](=O)[O-])cc2c1OCOC2. The normalized spacial score (nSPS) is 18.3. The summed E-state index contributed by atoms with van der Waals surface area (Å²) in [7, 11) is -3.73. The first-order valence-corrected chi connectivity index (χ1v) is 10.6. The Kier molecular flexibility index (Phi) is 5.33. The van der Waals surface area contributed by atoms with Crippen molar-refractivity contribution in [3.63, 3.8) is 0 Å². The first-order valence-electron chi connectivity index (χ1n) is 9.13. The van der Waals surface area contributed by atoms with Crippen molar-refractivity contribution < 1.29 is 32.3 Å². The molecule has 2 aromatic carbocycles. The van der Waals surface area contributed by atoms with E-state index in [1.54, 1.807) is 18.2 Å². The van der Waals surface area contributed by atoms with Crippen molar-refractivity contribution in [3.8, 4) is 5.75 Å². The fourth-order valence-corrected chi connectivity index (χ4v) is 4.48. The van der Waals surface area contributed by atoms with Crippen molar-refractivity contribution in [1.82, 2.24) is 4.72 Å². The third-order valence-electron chi connectivity index (χ3n) is 4.68. The second kappa shape index (κ2) is 7.96. The molecule has 0 fully saturated rings. The summed E-state index contributed by atoms with van der Waals surface area (Å²) in [5, 5.41) is 11.2. The molecule has 0 bridgehead atoms. The number of nitrogens with one attached hydrogen (secondary N) is 1. The number of carbonyl (C=O) groups is 1. The van der Waals surface area contributed by atoms with Crippen molar-refractivity contribution >= 4 is 27.5 Å². The molecule has 0 unspecified atom stereocenters. The summed E-state index contributed by atoms with van der Waals surface area (Å²) in [6.45, 7) is 1.30. The molecule has 31 heavy (non-hydrogen) atoms. The van der Waals surface area contributed by atoms with Gasteiger partial charge in [0.1, 0.15) is 24.2 Å². The van der Waals surface area contributed by atoms with E-state index in [4.69, 9.17) is 14.2 Å². The second-order valence-corrected chi connectivity index (χ2v) is 8.47. The van der Waals surface area contributed by atoms with Gasteiger partial charge in [0, 0.05) is 28.8 Å². The Labute approximate surface area is 176 Å². The van der Waals surface area contributed by atoms with Gasteiger partial charge < -0.3 is 14.2 Å². The lowest BCUT2D eigenvalue weighted by molar-refractivity contribution is -0.385. The summed E-state index contributed by atoms with van der Waals surface area (Å²) >= 11 is 0. The van der Waals surface area contributed by atoms with E-state index in [-0.39, 0.29) is 36.4 Å². The third-order valence-corrected chi connectivity index (χ3v) is 6.08. The summed E-state index contributed by atoms with van der Waals surface area (Å²) in [4.78, 5) is 27.3. The molecule has 1 atom stereocenters. The highest BCUT2D eigenvalue weighted by molar-refractivity contribution is 7.90. The molecular formula is C19H17N3O8S. The highest BCUT2D eigenvalue weighted by atomic mass is 32.2. The predicted molar refractivity (Wildman–Crippen MR) is 106 cm³/mol. The molecule has 2 aromatic rings. The molecule has 12 heteroatoms. The number of hydrogen-bond acceptors (Lipinski definition) is 9. The number of ether oxygens (including phenoxy) is 3. The van der Waals surface area contributed by atoms with Gasteiger partial charge in [0.25, 0.3) is 15.7 Å². The topological polar surface area (TPSA) is 146 Å². The number of nitro benzene ring substituents is 1. The lowest BCUT2D eigenvalue weighted by Gasteiger charge is -2.20. The third kappa shape index (κ3) is 4.07. The largest absolute Gasteiger partial charge is 0.467 e. The van der Waals surface area contributed by atoms with E-state index in [1.807, 2.05) is 0 Å². The Hall–Kier alpha value is -3.51. The Morgan fingerprint density at radius 3 is 2.90 bits per heavy atom. The van der Waals surface area contributed by atoms with Crippen molar-refractivity contribution in [2.75, 3.05) is 6.79 Å². The lowest BCUT2D eigenvalue weighted by Crippen LogP contribution is -2.26. The predicted octanol–water partition coefficient (Wildman–Crippen LogP) is 1.63.